The molecule has 0 saturated heterocycles. The van der Waals surface area contributed by atoms with Crippen LogP contribution in [-0.2, 0) is 4.79 Å². The van der Waals surface area contributed by atoms with Gasteiger partial charge in [0.2, 0.25) is 5.88 Å². The van der Waals surface area contributed by atoms with Crippen LogP contribution < -0.4 is 4.74 Å². The first-order valence-electron chi connectivity index (χ1n) is 3.33. The van der Waals surface area contributed by atoms with Crippen LogP contribution in [0, 0.1) is 11.8 Å². The zero-order valence-electron chi connectivity index (χ0n) is 6.57. The van der Waals surface area contributed by atoms with Crippen LogP contribution in [0.3, 0.4) is 0 Å². The molecule has 0 aliphatic heterocycles. The molecule has 0 fully saturated rings. The molecule has 0 radical (unpaired) electrons. The maximum absolute atomic E-state index is 9.90. The number of ether oxygens (including phenoxy) is 1. The summed E-state index contributed by atoms with van der Waals surface area (Å²) in [6.45, 7) is 0. The summed E-state index contributed by atoms with van der Waals surface area (Å²) in [7, 11) is 1.53. The number of hydrogen-bond donors (Lipinski definition) is 0. The third-order valence-electron chi connectivity index (χ3n) is 1.19. The molecule has 0 spiro atoms. The van der Waals surface area contributed by atoms with Crippen molar-refractivity contribution in [1.82, 2.24) is 4.98 Å². The lowest BCUT2D eigenvalue weighted by atomic mass is 10.3. The van der Waals surface area contributed by atoms with Crippen molar-refractivity contribution in [2.45, 2.75) is 0 Å². The minimum atomic E-state index is 0.493. The zero-order valence-corrected chi connectivity index (χ0v) is 6.57. The summed E-state index contributed by atoms with van der Waals surface area (Å²) in [6.07, 6.45) is 0.529. The molecule has 3 heteroatoms. The van der Waals surface area contributed by atoms with Crippen molar-refractivity contribution in [3.05, 3.63) is 23.9 Å². The van der Waals surface area contributed by atoms with Crippen LogP contribution in [0.2, 0.25) is 0 Å². The monoisotopic (exact) mass is 161 g/mol. The van der Waals surface area contributed by atoms with Gasteiger partial charge in [-0.2, -0.15) is 0 Å². The second-order valence-corrected chi connectivity index (χ2v) is 1.95. The van der Waals surface area contributed by atoms with E-state index in [0.29, 0.717) is 17.9 Å². The first-order chi connectivity index (χ1) is 5.86. The van der Waals surface area contributed by atoms with Gasteiger partial charge in [-0.25, -0.2) is 4.98 Å². The normalized spacial score (nSPS) is 8.08. The summed E-state index contributed by atoms with van der Waals surface area (Å²) in [6, 6.07) is 5.19. The fourth-order valence-electron chi connectivity index (χ4n) is 0.702. The molecule has 0 amide bonds. The number of nitrogens with zero attached hydrogens (tertiary/aromatic N) is 1. The highest BCUT2D eigenvalue weighted by Crippen LogP contribution is 2.04. The van der Waals surface area contributed by atoms with Crippen LogP contribution in [-0.4, -0.2) is 18.4 Å². The van der Waals surface area contributed by atoms with E-state index in [0.717, 1.165) is 0 Å². The first kappa shape index (κ1) is 8.28. The van der Waals surface area contributed by atoms with E-state index in [-0.39, 0.29) is 0 Å². The number of carbonyl (C=O) groups excluding carboxylic acids is 1. The van der Waals surface area contributed by atoms with Crippen molar-refractivity contribution in [1.29, 1.82) is 0 Å². The van der Waals surface area contributed by atoms with E-state index < -0.39 is 0 Å². The number of aromatic nitrogens is 1. The number of hydrogen-bond acceptors (Lipinski definition) is 3. The molecule has 0 saturated carbocycles. The van der Waals surface area contributed by atoms with Crippen LogP contribution in [0.5, 0.6) is 5.88 Å². The molecule has 12 heavy (non-hydrogen) atoms. The highest BCUT2D eigenvalue weighted by Gasteiger charge is 1.91. The van der Waals surface area contributed by atoms with Gasteiger partial charge in [-0.05, 0) is 17.9 Å². The molecule has 1 aromatic rings. The van der Waals surface area contributed by atoms with E-state index in [9.17, 15) is 4.79 Å². The molecule has 0 atom stereocenters. The van der Waals surface area contributed by atoms with Crippen LogP contribution in [0.4, 0.5) is 0 Å². The van der Waals surface area contributed by atoms with Crippen LogP contribution in [0.25, 0.3) is 0 Å². The molecule has 0 unspecified atom stereocenters. The molecular weight excluding hydrogens is 154 g/mol. The molecule has 1 aromatic heterocycles. The molecule has 1 heterocycles. The minimum absolute atomic E-state index is 0.493. The fourth-order valence-corrected chi connectivity index (χ4v) is 0.702. The van der Waals surface area contributed by atoms with Crippen LogP contribution >= 0.6 is 0 Å². The summed E-state index contributed by atoms with van der Waals surface area (Å²) in [4.78, 5) is 13.9. The average molecular weight is 161 g/mol. The van der Waals surface area contributed by atoms with Crippen molar-refractivity contribution in [3.63, 3.8) is 0 Å². The van der Waals surface area contributed by atoms with E-state index in [2.05, 4.69) is 16.8 Å². The van der Waals surface area contributed by atoms with Gasteiger partial charge in [0, 0.05) is 6.07 Å². The quantitative estimate of drug-likeness (QED) is 0.448. The maximum atomic E-state index is 9.90. The van der Waals surface area contributed by atoms with Gasteiger partial charge >= 0.3 is 0 Å². The summed E-state index contributed by atoms with van der Waals surface area (Å²) in [5.74, 6) is 5.32. The number of carbonyl (C=O) groups is 1. The molecule has 3 nitrogen and oxygen atoms in total. The zero-order chi connectivity index (χ0) is 8.81. The maximum Gasteiger partial charge on any atom is 0.214 e. The topological polar surface area (TPSA) is 39.2 Å². The van der Waals surface area contributed by atoms with Gasteiger partial charge in [-0.3, -0.25) is 4.79 Å². The van der Waals surface area contributed by atoms with Gasteiger partial charge < -0.3 is 4.74 Å². The van der Waals surface area contributed by atoms with Gasteiger partial charge in [0.15, 0.2) is 6.29 Å². The molecule has 0 aliphatic rings. The SMILES string of the molecule is COc1cccc(C#CC=O)n1. The van der Waals surface area contributed by atoms with Crippen molar-refractivity contribution < 1.29 is 9.53 Å². The Labute approximate surface area is 70.4 Å². The Morgan fingerprint density at radius 1 is 1.58 bits per heavy atom. The van der Waals surface area contributed by atoms with Gasteiger partial charge in [0.25, 0.3) is 0 Å². The number of pyridine rings is 1. The Hall–Kier alpha value is -1.82. The van der Waals surface area contributed by atoms with E-state index in [1.54, 1.807) is 18.2 Å². The lowest BCUT2D eigenvalue weighted by Gasteiger charge is -1.96. The predicted molar refractivity (Wildman–Crippen MR) is 43.7 cm³/mol. The van der Waals surface area contributed by atoms with Gasteiger partial charge in [-0.1, -0.05) is 6.07 Å². The molecule has 0 aromatic carbocycles. The number of methoxy groups -OCH3 is 1. The average Bonchev–Trinajstić information content (AvgIpc) is 2.15. The lowest BCUT2D eigenvalue weighted by molar-refractivity contribution is -0.103. The largest absolute Gasteiger partial charge is 0.481 e. The molecule has 0 bridgehead atoms. The highest BCUT2D eigenvalue weighted by atomic mass is 16.5. The number of rotatable bonds is 1. The van der Waals surface area contributed by atoms with E-state index in [4.69, 9.17) is 4.74 Å². The molecule has 0 aliphatic carbocycles. The second-order valence-electron chi connectivity index (χ2n) is 1.95. The predicted octanol–water partition coefficient (Wildman–Crippen LogP) is 0.641. The molecular formula is C9H7NO2. The summed E-state index contributed by atoms with van der Waals surface area (Å²) >= 11 is 0. The third-order valence-corrected chi connectivity index (χ3v) is 1.19. The van der Waals surface area contributed by atoms with Crippen LogP contribution in [0.1, 0.15) is 5.69 Å². The number of aldehydes is 1. The highest BCUT2D eigenvalue weighted by molar-refractivity contribution is 5.73. The second kappa shape index (κ2) is 4.14. The smallest absolute Gasteiger partial charge is 0.214 e. The van der Waals surface area contributed by atoms with Crippen molar-refractivity contribution in [2.24, 2.45) is 0 Å². The Morgan fingerprint density at radius 3 is 3.08 bits per heavy atom. The summed E-state index contributed by atoms with van der Waals surface area (Å²) < 4.78 is 4.87. The van der Waals surface area contributed by atoms with Gasteiger partial charge in [0.1, 0.15) is 5.69 Å². The minimum Gasteiger partial charge on any atom is -0.481 e. The van der Waals surface area contributed by atoms with E-state index in [1.807, 2.05) is 0 Å². The summed E-state index contributed by atoms with van der Waals surface area (Å²) in [5.41, 5.74) is 0.529. The molecule has 1 rings (SSSR count). The fraction of sp³-hybridized carbons (Fsp3) is 0.111. The Kier molecular flexibility index (Phi) is 2.86. The Balaban J connectivity index is 2.93. The molecule has 60 valence electrons. The molecule has 0 N–H and O–H groups in total. The Morgan fingerprint density at radius 2 is 2.42 bits per heavy atom. The first-order valence-corrected chi connectivity index (χ1v) is 3.33. The standard InChI is InChI=1S/C9H7NO2/c1-12-9-6-2-4-8(10-9)5-3-7-11/h2,4,6-7H,1H3. The van der Waals surface area contributed by atoms with Crippen molar-refractivity contribution in [3.8, 4) is 17.7 Å². The van der Waals surface area contributed by atoms with Gasteiger partial charge in [0.05, 0.1) is 7.11 Å². The lowest BCUT2D eigenvalue weighted by Crippen LogP contribution is -1.88. The van der Waals surface area contributed by atoms with E-state index >= 15 is 0 Å². The van der Waals surface area contributed by atoms with E-state index in [1.165, 1.54) is 7.11 Å². The van der Waals surface area contributed by atoms with Crippen molar-refractivity contribution >= 4 is 6.29 Å². The van der Waals surface area contributed by atoms with Gasteiger partial charge in [-0.15, -0.1) is 0 Å². The van der Waals surface area contributed by atoms with Crippen molar-refractivity contribution in [2.75, 3.05) is 7.11 Å². The Bertz CT molecular complexity index is 336. The third kappa shape index (κ3) is 2.10. The van der Waals surface area contributed by atoms with Crippen LogP contribution in [0.15, 0.2) is 18.2 Å². The summed E-state index contributed by atoms with van der Waals surface area (Å²) in [5, 5.41) is 0.